The van der Waals surface area contributed by atoms with Gasteiger partial charge in [-0.2, -0.15) is 0 Å². The van der Waals surface area contributed by atoms with Crippen LogP contribution in [0.15, 0.2) is 41.0 Å². The zero-order valence-electron chi connectivity index (χ0n) is 14.4. The van der Waals surface area contributed by atoms with Gasteiger partial charge in [0.05, 0.1) is 26.2 Å². The van der Waals surface area contributed by atoms with E-state index < -0.39 is 6.04 Å². The molecule has 7 nitrogen and oxygen atoms in total. The van der Waals surface area contributed by atoms with Gasteiger partial charge in [-0.05, 0) is 31.2 Å². The van der Waals surface area contributed by atoms with Gasteiger partial charge < -0.3 is 23.7 Å². The second-order valence-corrected chi connectivity index (χ2v) is 5.68. The maximum absolute atomic E-state index is 12.9. The van der Waals surface area contributed by atoms with Crippen molar-refractivity contribution in [3.63, 3.8) is 0 Å². The maximum Gasteiger partial charge on any atom is 0.290 e. The molecule has 2 aromatic rings. The quantitative estimate of drug-likeness (QED) is 0.850. The molecule has 1 aliphatic heterocycles. The number of hydrogen-bond donors (Lipinski definition) is 0. The van der Waals surface area contributed by atoms with E-state index in [1.165, 1.54) is 11.2 Å². The molecule has 2 heterocycles. The molecule has 1 unspecified atom stereocenters. The zero-order valence-corrected chi connectivity index (χ0v) is 14.4. The summed E-state index contributed by atoms with van der Waals surface area (Å²) in [5.74, 6) is 0.963. The highest BCUT2D eigenvalue weighted by Gasteiger charge is 2.37. The molecule has 25 heavy (non-hydrogen) atoms. The largest absolute Gasteiger partial charge is 0.497 e. The number of piperazine rings is 1. The molecule has 1 aliphatic rings. The third-order valence-electron chi connectivity index (χ3n) is 4.33. The van der Waals surface area contributed by atoms with E-state index in [-0.39, 0.29) is 17.6 Å². The van der Waals surface area contributed by atoms with E-state index in [2.05, 4.69) is 0 Å². The standard InChI is InChI=1S/C18H20N2O5/c1-12-17(21)20(14-11-13(23-2)6-7-15(14)24-3)9-8-19(12)18(22)16-5-4-10-25-16/h4-7,10-12H,8-9H2,1-3H3. The first-order valence-electron chi connectivity index (χ1n) is 7.94. The van der Waals surface area contributed by atoms with Gasteiger partial charge in [0.15, 0.2) is 5.76 Å². The summed E-state index contributed by atoms with van der Waals surface area (Å²) in [6.07, 6.45) is 1.44. The fourth-order valence-electron chi connectivity index (χ4n) is 2.94. The summed E-state index contributed by atoms with van der Waals surface area (Å²) < 4.78 is 15.8. The predicted molar refractivity (Wildman–Crippen MR) is 91.1 cm³/mol. The highest BCUT2D eigenvalue weighted by molar-refractivity contribution is 6.03. The summed E-state index contributed by atoms with van der Waals surface area (Å²) in [7, 11) is 3.12. The minimum Gasteiger partial charge on any atom is -0.497 e. The van der Waals surface area contributed by atoms with Crippen LogP contribution in [0.1, 0.15) is 17.5 Å². The zero-order chi connectivity index (χ0) is 18.0. The molecule has 0 saturated carbocycles. The fraction of sp³-hybridized carbons (Fsp3) is 0.333. The normalized spacial score (nSPS) is 17.6. The lowest BCUT2D eigenvalue weighted by molar-refractivity contribution is -0.124. The van der Waals surface area contributed by atoms with Crippen molar-refractivity contribution in [1.29, 1.82) is 0 Å². The molecular weight excluding hydrogens is 324 g/mol. The second-order valence-electron chi connectivity index (χ2n) is 5.68. The van der Waals surface area contributed by atoms with Gasteiger partial charge in [0.1, 0.15) is 17.5 Å². The van der Waals surface area contributed by atoms with Crippen LogP contribution in [0.3, 0.4) is 0 Å². The van der Waals surface area contributed by atoms with Crippen LogP contribution < -0.4 is 14.4 Å². The van der Waals surface area contributed by atoms with E-state index in [1.807, 2.05) is 0 Å². The molecule has 0 spiro atoms. The molecule has 1 aromatic heterocycles. The van der Waals surface area contributed by atoms with E-state index in [0.29, 0.717) is 30.3 Å². The van der Waals surface area contributed by atoms with Gasteiger partial charge in [-0.3, -0.25) is 9.59 Å². The maximum atomic E-state index is 12.9. The number of benzene rings is 1. The van der Waals surface area contributed by atoms with Crippen molar-refractivity contribution in [3.05, 3.63) is 42.4 Å². The molecule has 1 saturated heterocycles. The molecule has 1 fully saturated rings. The highest BCUT2D eigenvalue weighted by Crippen LogP contribution is 2.34. The number of rotatable bonds is 4. The Morgan fingerprint density at radius 3 is 2.64 bits per heavy atom. The molecule has 0 N–H and O–H groups in total. The monoisotopic (exact) mass is 344 g/mol. The highest BCUT2D eigenvalue weighted by atomic mass is 16.5. The Hall–Kier alpha value is -2.96. The molecule has 132 valence electrons. The van der Waals surface area contributed by atoms with E-state index >= 15 is 0 Å². The topological polar surface area (TPSA) is 72.2 Å². The first kappa shape index (κ1) is 16.9. The Balaban J connectivity index is 1.86. The summed E-state index contributed by atoms with van der Waals surface area (Å²) >= 11 is 0. The van der Waals surface area contributed by atoms with Gasteiger partial charge >= 0.3 is 0 Å². The number of anilines is 1. The summed E-state index contributed by atoms with van der Waals surface area (Å²) in [6.45, 7) is 2.47. The SMILES string of the molecule is COc1ccc(OC)c(N2CCN(C(=O)c3ccco3)C(C)C2=O)c1. The summed E-state index contributed by atoms with van der Waals surface area (Å²) in [5, 5.41) is 0. The van der Waals surface area contributed by atoms with Crippen LogP contribution in [0.2, 0.25) is 0 Å². The Labute approximate surface area is 145 Å². The third kappa shape index (κ3) is 3.05. The third-order valence-corrected chi connectivity index (χ3v) is 4.33. The molecule has 0 radical (unpaired) electrons. The summed E-state index contributed by atoms with van der Waals surface area (Å²) in [5.41, 5.74) is 0.629. The van der Waals surface area contributed by atoms with Crippen LogP contribution in [0.25, 0.3) is 0 Å². The lowest BCUT2D eigenvalue weighted by Gasteiger charge is -2.39. The molecule has 1 aromatic carbocycles. The van der Waals surface area contributed by atoms with Gasteiger partial charge in [0, 0.05) is 19.2 Å². The van der Waals surface area contributed by atoms with Gasteiger partial charge in [-0.25, -0.2) is 0 Å². The number of amides is 2. The number of nitrogens with zero attached hydrogens (tertiary/aromatic N) is 2. The minimum absolute atomic E-state index is 0.183. The van der Waals surface area contributed by atoms with Gasteiger partial charge in [-0.15, -0.1) is 0 Å². The van der Waals surface area contributed by atoms with E-state index in [1.54, 1.807) is 56.4 Å². The van der Waals surface area contributed by atoms with Gasteiger partial charge in [0.2, 0.25) is 5.91 Å². The van der Waals surface area contributed by atoms with Crippen LogP contribution in [0, 0.1) is 0 Å². The van der Waals surface area contributed by atoms with Crippen molar-refractivity contribution in [3.8, 4) is 11.5 Å². The Kier molecular flexibility index (Phi) is 4.65. The van der Waals surface area contributed by atoms with Crippen molar-refractivity contribution in [2.75, 3.05) is 32.2 Å². The second kappa shape index (κ2) is 6.88. The van der Waals surface area contributed by atoms with Crippen molar-refractivity contribution in [1.82, 2.24) is 4.90 Å². The van der Waals surface area contributed by atoms with Crippen LogP contribution in [-0.4, -0.2) is 50.1 Å². The van der Waals surface area contributed by atoms with E-state index in [4.69, 9.17) is 13.9 Å². The average Bonchev–Trinajstić information content (AvgIpc) is 3.17. The van der Waals surface area contributed by atoms with Gasteiger partial charge in [0.25, 0.3) is 5.91 Å². The number of furan rings is 1. The van der Waals surface area contributed by atoms with E-state index in [0.717, 1.165) is 0 Å². The Morgan fingerprint density at radius 1 is 1.20 bits per heavy atom. The molecule has 7 heteroatoms. The predicted octanol–water partition coefficient (Wildman–Crippen LogP) is 2.17. The Bertz CT molecular complexity index is 772. The molecular formula is C18H20N2O5. The van der Waals surface area contributed by atoms with Crippen LogP contribution in [-0.2, 0) is 4.79 Å². The molecule has 1 atom stereocenters. The molecule has 0 aliphatic carbocycles. The molecule has 0 bridgehead atoms. The smallest absolute Gasteiger partial charge is 0.290 e. The first-order valence-corrected chi connectivity index (χ1v) is 7.94. The van der Waals surface area contributed by atoms with Crippen LogP contribution in [0.5, 0.6) is 11.5 Å². The van der Waals surface area contributed by atoms with Crippen LogP contribution >= 0.6 is 0 Å². The number of methoxy groups -OCH3 is 2. The molecule has 3 rings (SSSR count). The van der Waals surface area contributed by atoms with Crippen LogP contribution in [0.4, 0.5) is 5.69 Å². The number of carbonyl (C=O) groups excluding carboxylic acids is 2. The lowest BCUT2D eigenvalue weighted by atomic mass is 10.1. The molecule has 2 amide bonds. The number of carbonyl (C=O) groups is 2. The lowest BCUT2D eigenvalue weighted by Crippen LogP contribution is -2.57. The van der Waals surface area contributed by atoms with E-state index in [9.17, 15) is 9.59 Å². The van der Waals surface area contributed by atoms with Crippen molar-refractivity contribution in [2.45, 2.75) is 13.0 Å². The number of hydrogen-bond acceptors (Lipinski definition) is 5. The van der Waals surface area contributed by atoms with Crippen molar-refractivity contribution < 1.29 is 23.5 Å². The average molecular weight is 344 g/mol. The Morgan fingerprint density at radius 2 is 2.00 bits per heavy atom. The minimum atomic E-state index is -0.609. The van der Waals surface area contributed by atoms with Gasteiger partial charge in [-0.1, -0.05) is 0 Å². The number of ether oxygens (including phenoxy) is 2. The first-order chi connectivity index (χ1) is 12.1. The van der Waals surface area contributed by atoms with Crippen molar-refractivity contribution in [2.24, 2.45) is 0 Å². The van der Waals surface area contributed by atoms with Crippen molar-refractivity contribution >= 4 is 17.5 Å². The fourth-order valence-corrected chi connectivity index (χ4v) is 2.94. The summed E-state index contributed by atoms with van der Waals surface area (Å²) in [4.78, 5) is 28.5. The summed E-state index contributed by atoms with van der Waals surface area (Å²) in [6, 6.07) is 7.92.